The van der Waals surface area contributed by atoms with Crippen LogP contribution in [0.15, 0.2) is 5.38 Å². The highest BCUT2D eigenvalue weighted by atomic mass is 32.1. The summed E-state index contributed by atoms with van der Waals surface area (Å²) >= 11 is 1.82. The molecule has 2 aliphatic heterocycles. The normalized spacial score (nSPS) is 22.3. The van der Waals surface area contributed by atoms with Gasteiger partial charge < -0.3 is 14.4 Å². The predicted molar refractivity (Wildman–Crippen MR) is 111 cm³/mol. The molecule has 0 bridgehead atoms. The van der Waals surface area contributed by atoms with Gasteiger partial charge in [0, 0.05) is 38.7 Å². The summed E-state index contributed by atoms with van der Waals surface area (Å²) in [5.41, 5.74) is 1.23. The van der Waals surface area contributed by atoms with E-state index >= 15 is 0 Å². The van der Waals surface area contributed by atoms with Gasteiger partial charge >= 0.3 is 0 Å². The van der Waals surface area contributed by atoms with Crippen molar-refractivity contribution in [3.63, 3.8) is 0 Å². The fraction of sp³-hybridized carbons (Fsp3) is 0.857. The molecule has 154 valence electrons. The van der Waals surface area contributed by atoms with Crippen LogP contribution in [-0.2, 0) is 16.0 Å². The van der Waals surface area contributed by atoms with Crippen molar-refractivity contribution in [1.82, 2.24) is 14.8 Å². The lowest BCUT2D eigenvalue weighted by Gasteiger charge is -2.35. The monoisotopic (exact) mass is 395 g/mol. The van der Waals surface area contributed by atoms with Gasteiger partial charge in [0.05, 0.1) is 24.9 Å². The molecule has 0 amide bonds. The molecule has 0 N–H and O–H groups in total. The number of methoxy groups -OCH3 is 1. The van der Waals surface area contributed by atoms with E-state index in [4.69, 9.17) is 14.5 Å². The summed E-state index contributed by atoms with van der Waals surface area (Å²) in [5.74, 6) is 1.30. The van der Waals surface area contributed by atoms with Crippen LogP contribution in [0.2, 0.25) is 0 Å². The Morgan fingerprint density at radius 3 is 2.74 bits per heavy atom. The molecule has 1 atom stereocenters. The lowest BCUT2D eigenvalue weighted by Crippen LogP contribution is -2.41. The molecule has 1 aromatic heterocycles. The Morgan fingerprint density at radius 1 is 1.30 bits per heavy atom. The third kappa shape index (κ3) is 6.79. The quantitative estimate of drug-likeness (QED) is 0.605. The second kappa shape index (κ2) is 10.9. The van der Waals surface area contributed by atoms with Crippen LogP contribution in [0.25, 0.3) is 0 Å². The summed E-state index contributed by atoms with van der Waals surface area (Å²) in [6.07, 6.45) is 5.42. The van der Waals surface area contributed by atoms with E-state index in [-0.39, 0.29) is 0 Å². The molecule has 27 heavy (non-hydrogen) atoms. The average molecular weight is 396 g/mol. The van der Waals surface area contributed by atoms with Crippen molar-refractivity contribution >= 4 is 11.3 Å². The molecule has 3 rings (SSSR count). The maximum atomic E-state index is 5.93. The first-order chi connectivity index (χ1) is 13.1. The number of thiazole rings is 1. The van der Waals surface area contributed by atoms with Crippen molar-refractivity contribution in [3.05, 3.63) is 16.1 Å². The first-order valence-electron chi connectivity index (χ1n) is 10.6. The molecule has 0 aliphatic carbocycles. The van der Waals surface area contributed by atoms with Crippen molar-refractivity contribution in [3.8, 4) is 0 Å². The third-order valence-corrected chi connectivity index (χ3v) is 6.69. The summed E-state index contributed by atoms with van der Waals surface area (Å²) < 4.78 is 11.2. The van der Waals surface area contributed by atoms with Gasteiger partial charge in [-0.3, -0.25) is 4.90 Å². The first-order valence-corrected chi connectivity index (χ1v) is 11.5. The van der Waals surface area contributed by atoms with Crippen LogP contribution in [0.3, 0.4) is 0 Å². The van der Waals surface area contributed by atoms with Gasteiger partial charge in [0.1, 0.15) is 5.01 Å². The van der Waals surface area contributed by atoms with Crippen molar-refractivity contribution in [2.45, 2.75) is 58.1 Å². The molecular weight excluding hydrogens is 358 g/mol. The van der Waals surface area contributed by atoms with Crippen LogP contribution in [0, 0.1) is 5.92 Å². The maximum absolute atomic E-state index is 5.93. The van der Waals surface area contributed by atoms with Gasteiger partial charge in [-0.2, -0.15) is 0 Å². The molecular formula is C21H37N3O2S. The van der Waals surface area contributed by atoms with Crippen molar-refractivity contribution in [2.75, 3.05) is 53.0 Å². The molecule has 2 saturated heterocycles. The standard InChI is InChI=1S/C21H37N3O2S/c1-17(2)20-16-27-21(22-20)15-24(14-19-5-4-11-26-19)13-18-6-8-23(9-7-18)10-12-25-3/h16-19H,4-15H2,1-3H3/t19-/m1/s1. The van der Waals surface area contributed by atoms with E-state index in [1.54, 1.807) is 7.11 Å². The number of hydrogen-bond acceptors (Lipinski definition) is 6. The first kappa shape index (κ1) is 21.2. The number of ether oxygens (including phenoxy) is 2. The van der Waals surface area contributed by atoms with E-state index in [0.29, 0.717) is 12.0 Å². The van der Waals surface area contributed by atoms with Gasteiger partial charge in [-0.25, -0.2) is 4.98 Å². The smallest absolute Gasteiger partial charge is 0.107 e. The Labute approximate surface area is 169 Å². The zero-order valence-corrected chi connectivity index (χ0v) is 18.2. The number of aromatic nitrogens is 1. The summed E-state index contributed by atoms with van der Waals surface area (Å²) in [7, 11) is 1.79. The molecule has 0 radical (unpaired) electrons. The number of likely N-dealkylation sites (tertiary alicyclic amines) is 1. The van der Waals surface area contributed by atoms with E-state index in [0.717, 1.165) is 38.8 Å². The Hall–Kier alpha value is -0.530. The predicted octanol–water partition coefficient (Wildman–Crippen LogP) is 3.61. The Kier molecular flexibility index (Phi) is 8.52. The summed E-state index contributed by atoms with van der Waals surface area (Å²) in [5, 5.41) is 3.49. The number of nitrogens with zero attached hydrogens (tertiary/aromatic N) is 3. The van der Waals surface area contributed by atoms with E-state index in [1.807, 2.05) is 11.3 Å². The third-order valence-electron chi connectivity index (χ3n) is 5.84. The molecule has 3 heterocycles. The van der Waals surface area contributed by atoms with Gasteiger partial charge in [-0.1, -0.05) is 13.8 Å². The second-order valence-electron chi connectivity index (χ2n) is 8.43. The van der Waals surface area contributed by atoms with Crippen LogP contribution in [-0.4, -0.2) is 73.9 Å². The summed E-state index contributed by atoms with van der Waals surface area (Å²) in [4.78, 5) is 10.0. The molecule has 2 fully saturated rings. The van der Waals surface area contributed by atoms with Crippen LogP contribution in [0.5, 0.6) is 0 Å². The zero-order valence-electron chi connectivity index (χ0n) is 17.4. The van der Waals surface area contributed by atoms with Gasteiger partial charge in [-0.15, -0.1) is 11.3 Å². The fourth-order valence-electron chi connectivity index (χ4n) is 4.11. The minimum Gasteiger partial charge on any atom is -0.383 e. The molecule has 5 nitrogen and oxygen atoms in total. The largest absolute Gasteiger partial charge is 0.383 e. The number of piperidine rings is 1. The zero-order chi connectivity index (χ0) is 19.1. The number of hydrogen-bond donors (Lipinski definition) is 0. The van der Waals surface area contributed by atoms with Crippen LogP contribution in [0.1, 0.15) is 56.2 Å². The maximum Gasteiger partial charge on any atom is 0.107 e. The van der Waals surface area contributed by atoms with Crippen LogP contribution < -0.4 is 0 Å². The van der Waals surface area contributed by atoms with Crippen molar-refractivity contribution in [1.29, 1.82) is 0 Å². The molecule has 2 aliphatic rings. The summed E-state index contributed by atoms with van der Waals surface area (Å²) in [6.45, 7) is 12.9. The van der Waals surface area contributed by atoms with Gasteiger partial charge in [0.15, 0.2) is 0 Å². The molecule has 0 aromatic carbocycles. The molecule has 0 spiro atoms. The van der Waals surface area contributed by atoms with Gasteiger partial charge in [-0.05, 0) is 50.6 Å². The van der Waals surface area contributed by atoms with Crippen LogP contribution in [0.4, 0.5) is 0 Å². The van der Waals surface area contributed by atoms with E-state index in [2.05, 4.69) is 29.0 Å². The Bertz CT molecular complexity index is 537. The Balaban J connectivity index is 1.53. The van der Waals surface area contributed by atoms with Gasteiger partial charge in [0.25, 0.3) is 0 Å². The SMILES string of the molecule is COCCN1CCC(CN(Cc2nc(C(C)C)cs2)C[C@H]2CCCO2)CC1. The summed E-state index contributed by atoms with van der Waals surface area (Å²) in [6, 6.07) is 0. The molecule has 0 unspecified atom stereocenters. The molecule has 0 saturated carbocycles. The van der Waals surface area contributed by atoms with E-state index < -0.39 is 0 Å². The minimum atomic E-state index is 0.413. The number of rotatable bonds is 10. The second-order valence-corrected chi connectivity index (χ2v) is 9.37. The highest BCUT2D eigenvalue weighted by Crippen LogP contribution is 2.24. The molecule has 6 heteroatoms. The average Bonchev–Trinajstić information content (AvgIpc) is 3.33. The highest BCUT2D eigenvalue weighted by molar-refractivity contribution is 7.09. The van der Waals surface area contributed by atoms with E-state index in [1.165, 1.54) is 56.0 Å². The lowest BCUT2D eigenvalue weighted by molar-refractivity contribution is 0.0551. The highest BCUT2D eigenvalue weighted by Gasteiger charge is 2.25. The van der Waals surface area contributed by atoms with E-state index in [9.17, 15) is 0 Å². The minimum absolute atomic E-state index is 0.413. The molecule has 1 aromatic rings. The Morgan fingerprint density at radius 2 is 2.11 bits per heavy atom. The lowest BCUT2D eigenvalue weighted by atomic mass is 9.96. The van der Waals surface area contributed by atoms with Crippen LogP contribution >= 0.6 is 11.3 Å². The van der Waals surface area contributed by atoms with Gasteiger partial charge in [0.2, 0.25) is 0 Å². The van der Waals surface area contributed by atoms with Crippen molar-refractivity contribution in [2.24, 2.45) is 5.92 Å². The fourth-order valence-corrected chi connectivity index (χ4v) is 5.11. The topological polar surface area (TPSA) is 37.8 Å². The van der Waals surface area contributed by atoms with Crippen molar-refractivity contribution < 1.29 is 9.47 Å².